The molecule has 1 nitrogen and oxygen atoms in total. The molecule has 132 valence electrons. The molecule has 1 N–H and O–H groups in total. The first-order valence-electron chi connectivity index (χ1n) is 8.13. The van der Waals surface area contributed by atoms with Gasteiger partial charge in [0.2, 0.25) is 0 Å². The van der Waals surface area contributed by atoms with Crippen LogP contribution in [0.4, 0.5) is 13.2 Å². The zero-order chi connectivity index (χ0) is 18.6. The molecule has 0 saturated carbocycles. The number of hydrogen-bond acceptors (Lipinski definition) is 1. The number of hydrogen-bond donors (Lipinski definition) is 1. The largest absolute Gasteiger partial charge is 0.416 e. The molecule has 4 heteroatoms. The summed E-state index contributed by atoms with van der Waals surface area (Å²) in [6, 6.07) is 23.7. The molecule has 0 amide bonds. The van der Waals surface area contributed by atoms with Crippen LogP contribution in [-0.2, 0) is 6.18 Å². The normalized spacial score (nSPS) is 12.6. The average Bonchev–Trinajstić information content (AvgIpc) is 2.67. The lowest BCUT2D eigenvalue weighted by Gasteiger charge is -2.16. The molecule has 26 heavy (non-hydrogen) atoms. The summed E-state index contributed by atoms with van der Waals surface area (Å²) in [5.41, 5.74) is 2.97. The first-order chi connectivity index (χ1) is 12.5. The van der Waals surface area contributed by atoms with Crippen LogP contribution in [0.15, 0.2) is 84.9 Å². The Morgan fingerprint density at radius 2 is 1.12 bits per heavy atom. The molecule has 0 spiro atoms. The Morgan fingerprint density at radius 3 is 1.58 bits per heavy atom. The number of aliphatic hydroxyl groups is 1. The van der Waals surface area contributed by atoms with Gasteiger partial charge in [-0.1, -0.05) is 72.8 Å². The van der Waals surface area contributed by atoms with E-state index < -0.39 is 11.7 Å². The Morgan fingerprint density at radius 1 is 0.654 bits per heavy atom. The second-order valence-electron chi connectivity index (χ2n) is 5.82. The molecule has 0 saturated heterocycles. The van der Waals surface area contributed by atoms with E-state index in [0.29, 0.717) is 16.7 Å². The topological polar surface area (TPSA) is 20.2 Å². The molecule has 0 bridgehead atoms. The average molecular weight is 354 g/mol. The van der Waals surface area contributed by atoms with E-state index in [9.17, 15) is 18.3 Å². The summed E-state index contributed by atoms with van der Waals surface area (Å²) in [7, 11) is 0. The van der Waals surface area contributed by atoms with Crippen molar-refractivity contribution < 1.29 is 18.3 Å². The number of rotatable bonds is 4. The van der Waals surface area contributed by atoms with Gasteiger partial charge in [-0.3, -0.25) is 0 Å². The third kappa shape index (κ3) is 3.86. The summed E-state index contributed by atoms with van der Waals surface area (Å²) in [6.45, 7) is -0.227. The van der Waals surface area contributed by atoms with Crippen LogP contribution in [-0.4, -0.2) is 11.7 Å². The van der Waals surface area contributed by atoms with Crippen molar-refractivity contribution in [3.63, 3.8) is 0 Å². The molecule has 0 heterocycles. The van der Waals surface area contributed by atoms with Gasteiger partial charge in [0.15, 0.2) is 0 Å². The van der Waals surface area contributed by atoms with E-state index in [1.165, 1.54) is 12.1 Å². The minimum absolute atomic E-state index is 0.227. The molecule has 0 atom stereocenters. The van der Waals surface area contributed by atoms with E-state index >= 15 is 0 Å². The molecule has 3 rings (SSSR count). The quantitative estimate of drug-likeness (QED) is 0.600. The Hall–Kier alpha value is -2.85. The molecular weight excluding hydrogens is 337 g/mol. The second kappa shape index (κ2) is 7.58. The van der Waals surface area contributed by atoms with Gasteiger partial charge >= 0.3 is 6.18 Å². The van der Waals surface area contributed by atoms with E-state index in [-0.39, 0.29) is 6.61 Å². The third-order valence-electron chi connectivity index (χ3n) is 4.15. The standard InChI is InChI=1S/C22H17F3O/c23-22(24,25)19-13-11-18(12-14-19)21(17-9-5-2-6-10-17)20(15-26)16-7-3-1-4-8-16/h1-14,26H,15H2/b21-20-. The van der Waals surface area contributed by atoms with Crippen LogP contribution >= 0.6 is 0 Å². The van der Waals surface area contributed by atoms with Crippen molar-refractivity contribution in [3.05, 3.63) is 107 Å². The third-order valence-corrected chi connectivity index (χ3v) is 4.15. The summed E-state index contributed by atoms with van der Waals surface area (Å²) in [5, 5.41) is 10.0. The van der Waals surface area contributed by atoms with Gasteiger partial charge in [0, 0.05) is 0 Å². The fourth-order valence-electron chi connectivity index (χ4n) is 2.90. The minimum atomic E-state index is -4.38. The molecule has 0 aliphatic heterocycles. The maximum Gasteiger partial charge on any atom is 0.416 e. The lowest BCUT2D eigenvalue weighted by molar-refractivity contribution is -0.137. The van der Waals surface area contributed by atoms with Gasteiger partial charge in [0.05, 0.1) is 12.2 Å². The van der Waals surface area contributed by atoms with Gasteiger partial charge in [-0.25, -0.2) is 0 Å². The first-order valence-corrected chi connectivity index (χ1v) is 8.13. The highest BCUT2D eigenvalue weighted by atomic mass is 19.4. The van der Waals surface area contributed by atoms with E-state index in [0.717, 1.165) is 23.3 Å². The summed E-state index contributed by atoms with van der Waals surface area (Å²) in [6.07, 6.45) is -4.38. The molecular formula is C22H17F3O. The summed E-state index contributed by atoms with van der Waals surface area (Å²) >= 11 is 0. The molecule has 0 aliphatic carbocycles. The van der Waals surface area contributed by atoms with Crippen LogP contribution in [0.2, 0.25) is 0 Å². The van der Waals surface area contributed by atoms with E-state index in [2.05, 4.69) is 0 Å². The van der Waals surface area contributed by atoms with Gasteiger partial charge in [-0.2, -0.15) is 13.2 Å². The molecule has 3 aromatic carbocycles. The van der Waals surface area contributed by atoms with Crippen molar-refractivity contribution in [3.8, 4) is 0 Å². The maximum absolute atomic E-state index is 12.9. The lowest BCUT2D eigenvalue weighted by atomic mass is 9.89. The summed E-state index contributed by atoms with van der Waals surface area (Å²) < 4.78 is 38.6. The zero-order valence-electron chi connectivity index (χ0n) is 13.9. The van der Waals surface area contributed by atoms with Crippen molar-refractivity contribution >= 4 is 11.1 Å². The maximum atomic E-state index is 12.9. The van der Waals surface area contributed by atoms with Gasteiger partial charge < -0.3 is 5.11 Å². The Kier molecular flexibility index (Phi) is 5.24. The first kappa shape index (κ1) is 18.0. The number of benzene rings is 3. The fourth-order valence-corrected chi connectivity index (χ4v) is 2.90. The van der Waals surface area contributed by atoms with E-state index in [4.69, 9.17) is 0 Å². The second-order valence-corrected chi connectivity index (χ2v) is 5.82. The molecule has 0 aromatic heterocycles. The van der Waals surface area contributed by atoms with Crippen molar-refractivity contribution in [2.45, 2.75) is 6.18 Å². The summed E-state index contributed by atoms with van der Waals surface area (Å²) in [4.78, 5) is 0. The van der Waals surface area contributed by atoms with Crippen molar-refractivity contribution in [1.29, 1.82) is 0 Å². The lowest BCUT2D eigenvalue weighted by Crippen LogP contribution is -2.05. The monoisotopic (exact) mass is 354 g/mol. The van der Waals surface area contributed by atoms with Gasteiger partial charge in [0.25, 0.3) is 0 Å². The minimum Gasteiger partial charge on any atom is -0.392 e. The number of halogens is 3. The molecule has 3 aromatic rings. The molecule has 0 aliphatic rings. The van der Waals surface area contributed by atoms with E-state index in [1.807, 2.05) is 60.7 Å². The number of alkyl halides is 3. The fraction of sp³-hybridized carbons (Fsp3) is 0.0909. The van der Waals surface area contributed by atoms with Gasteiger partial charge in [-0.15, -0.1) is 0 Å². The van der Waals surface area contributed by atoms with Crippen molar-refractivity contribution in [2.75, 3.05) is 6.61 Å². The smallest absolute Gasteiger partial charge is 0.392 e. The molecule has 0 radical (unpaired) electrons. The Labute approximate surface area is 150 Å². The van der Waals surface area contributed by atoms with Crippen LogP contribution < -0.4 is 0 Å². The van der Waals surface area contributed by atoms with Crippen molar-refractivity contribution in [2.24, 2.45) is 0 Å². The van der Waals surface area contributed by atoms with Crippen LogP contribution in [0.3, 0.4) is 0 Å². The predicted molar refractivity (Wildman–Crippen MR) is 97.3 cm³/mol. The van der Waals surface area contributed by atoms with Crippen LogP contribution in [0.1, 0.15) is 22.3 Å². The van der Waals surface area contributed by atoms with Crippen LogP contribution in [0.25, 0.3) is 11.1 Å². The van der Waals surface area contributed by atoms with Gasteiger partial charge in [-0.05, 0) is 40.0 Å². The van der Waals surface area contributed by atoms with Gasteiger partial charge in [0.1, 0.15) is 0 Å². The Balaban J connectivity index is 2.21. The van der Waals surface area contributed by atoms with Crippen molar-refractivity contribution in [1.82, 2.24) is 0 Å². The molecule has 0 fully saturated rings. The predicted octanol–water partition coefficient (Wildman–Crippen LogP) is 5.66. The Bertz CT molecular complexity index is 880. The SMILES string of the molecule is OC/C(=C(\c1ccccc1)c1ccc(C(F)(F)F)cc1)c1ccccc1. The highest BCUT2D eigenvalue weighted by Crippen LogP contribution is 2.34. The van der Waals surface area contributed by atoms with Crippen LogP contribution in [0.5, 0.6) is 0 Å². The number of aliphatic hydroxyl groups excluding tert-OH is 1. The molecule has 0 unspecified atom stereocenters. The van der Waals surface area contributed by atoms with E-state index in [1.54, 1.807) is 0 Å². The highest BCUT2D eigenvalue weighted by Gasteiger charge is 2.30. The van der Waals surface area contributed by atoms with Crippen LogP contribution in [0, 0.1) is 0 Å². The zero-order valence-corrected chi connectivity index (χ0v) is 13.9. The highest BCUT2D eigenvalue weighted by molar-refractivity contribution is 5.98. The summed E-state index contributed by atoms with van der Waals surface area (Å²) in [5.74, 6) is 0.